The van der Waals surface area contributed by atoms with E-state index in [2.05, 4.69) is 11.4 Å². The highest BCUT2D eigenvalue weighted by molar-refractivity contribution is 5.46. The minimum absolute atomic E-state index is 0.523. The summed E-state index contributed by atoms with van der Waals surface area (Å²) in [6.45, 7) is 2.35. The molecule has 2 heteroatoms. The number of rotatable bonds is 2. The predicted octanol–water partition coefficient (Wildman–Crippen LogP) is 2.81. The van der Waals surface area contributed by atoms with Gasteiger partial charge in [0.1, 0.15) is 5.75 Å². The highest BCUT2D eigenvalue weighted by Gasteiger charge is 2.20. The molecular formula is C16H23NO. The molecule has 1 atom stereocenters. The number of aromatic hydroxyl groups is 1. The molecule has 1 aliphatic carbocycles. The first kappa shape index (κ1) is 12.0. The van der Waals surface area contributed by atoms with Crippen LogP contribution in [0.5, 0.6) is 5.75 Å². The van der Waals surface area contributed by atoms with Gasteiger partial charge in [0.25, 0.3) is 0 Å². The molecule has 1 unspecified atom stereocenters. The van der Waals surface area contributed by atoms with Crippen molar-refractivity contribution in [1.82, 2.24) is 5.32 Å². The maximum atomic E-state index is 9.97. The Hall–Kier alpha value is -1.02. The molecule has 0 spiro atoms. The summed E-state index contributed by atoms with van der Waals surface area (Å²) in [6, 6.07) is 4.07. The van der Waals surface area contributed by atoms with Crippen molar-refractivity contribution in [1.29, 1.82) is 0 Å². The lowest BCUT2D eigenvalue weighted by Gasteiger charge is -2.26. The molecule has 0 saturated carbocycles. The average Bonchev–Trinajstić information content (AvgIpc) is 2.44. The second-order valence-corrected chi connectivity index (χ2v) is 5.82. The van der Waals surface area contributed by atoms with Crippen molar-refractivity contribution in [3.63, 3.8) is 0 Å². The van der Waals surface area contributed by atoms with Crippen molar-refractivity contribution in [3.8, 4) is 5.75 Å². The van der Waals surface area contributed by atoms with Crippen molar-refractivity contribution in [2.24, 2.45) is 5.92 Å². The summed E-state index contributed by atoms with van der Waals surface area (Å²) in [6.07, 6.45) is 8.60. The van der Waals surface area contributed by atoms with E-state index in [9.17, 15) is 5.11 Å². The van der Waals surface area contributed by atoms with Crippen LogP contribution < -0.4 is 5.32 Å². The largest absolute Gasteiger partial charge is 0.508 e. The zero-order chi connectivity index (χ0) is 12.4. The normalized spacial score (nSPS) is 23.7. The summed E-state index contributed by atoms with van der Waals surface area (Å²) in [5.74, 6) is 1.31. The molecule has 1 saturated heterocycles. The van der Waals surface area contributed by atoms with E-state index in [1.807, 2.05) is 6.07 Å². The van der Waals surface area contributed by atoms with E-state index in [0.717, 1.165) is 18.9 Å². The number of phenols is 1. The molecule has 1 aromatic rings. The summed E-state index contributed by atoms with van der Waals surface area (Å²) >= 11 is 0. The van der Waals surface area contributed by atoms with E-state index in [1.54, 1.807) is 0 Å². The van der Waals surface area contributed by atoms with Crippen LogP contribution in [0.15, 0.2) is 12.1 Å². The maximum Gasteiger partial charge on any atom is 0.119 e. The van der Waals surface area contributed by atoms with Gasteiger partial charge in [-0.25, -0.2) is 0 Å². The van der Waals surface area contributed by atoms with Crippen LogP contribution >= 0.6 is 0 Å². The van der Waals surface area contributed by atoms with E-state index in [1.165, 1.54) is 61.8 Å². The first-order valence-corrected chi connectivity index (χ1v) is 7.38. The molecule has 98 valence electrons. The molecule has 2 aliphatic rings. The number of piperidine rings is 1. The standard InChI is InChI=1S/C16H23NO/c18-16-8-7-13(10-12-4-3-9-17-11-12)14-5-1-2-6-15(14)16/h7-8,12,17-18H,1-6,9-11H2. The van der Waals surface area contributed by atoms with Gasteiger partial charge in [0.15, 0.2) is 0 Å². The van der Waals surface area contributed by atoms with Gasteiger partial charge < -0.3 is 10.4 Å². The third kappa shape index (κ3) is 2.39. The van der Waals surface area contributed by atoms with Crippen molar-refractivity contribution in [2.75, 3.05) is 13.1 Å². The third-order valence-corrected chi connectivity index (χ3v) is 4.51. The number of hydrogen-bond acceptors (Lipinski definition) is 2. The molecule has 0 amide bonds. The van der Waals surface area contributed by atoms with Crippen LogP contribution in [0.2, 0.25) is 0 Å². The van der Waals surface area contributed by atoms with Gasteiger partial charge in [0.05, 0.1) is 0 Å². The summed E-state index contributed by atoms with van der Waals surface area (Å²) in [5.41, 5.74) is 4.20. The Labute approximate surface area is 109 Å². The number of fused-ring (bicyclic) bond motifs is 1. The Morgan fingerprint density at radius 1 is 1.11 bits per heavy atom. The van der Waals surface area contributed by atoms with Gasteiger partial charge in [-0.05, 0) is 86.7 Å². The highest BCUT2D eigenvalue weighted by Crippen LogP contribution is 2.33. The molecule has 2 nitrogen and oxygen atoms in total. The second kappa shape index (κ2) is 5.31. The highest BCUT2D eigenvalue weighted by atomic mass is 16.3. The zero-order valence-electron chi connectivity index (χ0n) is 11.0. The molecule has 1 aromatic carbocycles. The van der Waals surface area contributed by atoms with E-state index < -0.39 is 0 Å². The SMILES string of the molecule is Oc1ccc(CC2CCCNC2)c2c1CCCC2. The van der Waals surface area contributed by atoms with Gasteiger partial charge in [-0.1, -0.05) is 6.07 Å². The number of nitrogens with one attached hydrogen (secondary N) is 1. The Kier molecular flexibility index (Phi) is 3.55. The molecule has 3 rings (SSSR count). The molecule has 1 heterocycles. The minimum Gasteiger partial charge on any atom is -0.508 e. The Morgan fingerprint density at radius 2 is 1.94 bits per heavy atom. The van der Waals surface area contributed by atoms with Crippen LogP contribution in [-0.2, 0) is 19.3 Å². The molecular weight excluding hydrogens is 222 g/mol. The lowest BCUT2D eigenvalue weighted by molar-refractivity contribution is 0.374. The van der Waals surface area contributed by atoms with E-state index in [0.29, 0.717) is 5.75 Å². The fourth-order valence-corrected chi connectivity index (χ4v) is 3.52. The van der Waals surface area contributed by atoms with Gasteiger partial charge in [0, 0.05) is 0 Å². The van der Waals surface area contributed by atoms with Crippen LogP contribution in [0, 0.1) is 5.92 Å². The number of phenolic OH excluding ortho intramolecular Hbond substituents is 1. The molecule has 1 fully saturated rings. The Balaban J connectivity index is 1.82. The fraction of sp³-hybridized carbons (Fsp3) is 0.625. The molecule has 2 N–H and O–H groups in total. The Bertz CT molecular complexity index is 421. The van der Waals surface area contributed by atoms with Crippen molar-refractivity contribution >= 4 is 0 Å². The lowest BCUT2D eigenvalue weighted by atomic mass is 9.83. The molecule has 0 radical (unpaired) electrons. The summed E-state index contributed by atoms with van der Waals surface area (Å²) in [5, 5.41) is 13.5. The van der Waals surface area contributed by atoms with E-state index >= 15 is 0 Å². The first-order valence-electron chi connectivity index (χ1n) is 7.38. The van der Waals surface area contributed by atoms with Crippen LogP contribution in [0.1, 0.15) is 42.4 Å². The van der Waals surface area contributed by atoms with Gasteiger partial charge >= 0.3 is 0 Å². The number of benzene rings is 1. The van der Waals surface area contributed by atoms with Crippen LogP contribution in [-0.4, -0.2) is 18.2 Å². The topological polar surface area (TPSA) is 32.3 Å². The predicted molar refractivity (Wildman–Crippen MR) is 74.0 cm³/mol. The minimum atomic E-state index is 0.523. The van der Waals surface area contributed by atoms with E-state index in [-0.39, 0.29) is 0 Å². The summed E-state index contributed by atoms with van der Waals surface area (Å²) in [4.78, 5) is 0. The Morgan fingerprint density at radius 3 is 2.72 bits per heavy atom. The molecule has 1 aliphatic heterocycles. The fourth-order valence-electron chi connectivity index (χ4n) is 3.52. The van der Waals surface area contributed by atoms with Gasteiger partial charge in [-0.2, -0.15) is 0 Å². The van der Waals surface area contributed by atoms with Gasteiger partial charge in [-0.3, -0.25) is 0 Å². The smallest absolute Gasteiger partial charge is 0.119 e. The summed E-state index contributed by atoms with van der Waals surface area (Å²) < 4.78 is 0. The molecule has 0 bridgehead atoms. The van der Waals surface area contributed by atoms with Crippen LogP contribution in [0.4, 0.5) is 0 Å². The van der Waals surface area contributed by atoms with Crippen molar-refractivity contribution < 1.29 is 5.11 Å². The van der Waals surface area contributed by atoms with Crippen molar-refractivity contribution in [2.45, 2.75) is 44.9 Å². The second-order valence-electron chi connectivity index (χ2n) is 5.82. The average molecular weight is 245 g/mol. The van der Waals surface area contributed by atoms with Gasteiger partial charge in [-0.15, -0.1) is 0 Å². The lowest BCUT2D eigenvalue weighted by Crippen LogP contribution is -2.31. The van der Waals surface area contributed by atoms with Crippen LogP contribution in [0.25, 0.3) is 0 Å². The quantitative estimate of drug-likeness (QED) is 0.839. The summed E-state index contributed by atoms with van der Waals surface area (Å²) in [7, 11) is 0. The van der Waals surface area contributed by atoms with Crippen LogP contribution in [0.3, 0.4) is 0 Å². The molecule has 18 heavy (non-hydrogen) atoms. The third-order valence-electron chi connectivity index (χ3n) is 4.51. The zero-order valence-corrected chi connectivity index (χ0v) is 11.0. The van der Waals surface area contributed by atoms with Crippen molar-refractivity contribution in [3.05, 3.63) is 28.8 Å². The number of hydrogen-bond donors (Lipinski definition) is 2. The first-order chi connectivity index (χ1) is 8.84. The monoisotopic (exact) mass is 245 g/mol. The molecule has 0 aromatic heterocycles. The maximum absolute atomic E-state index is 9.97. The van der Waals surface area contributed by atoms with Gasteiger partial charge in [0.2, 0.25) is 0 Å². The van der Waals surface area contributed by atoms with E-state index in [4.69, 9.17) is 0 Å².